The molecule has 2 N–H and O–H groups in total. The summed E-state index contributed by atoms with van der Waals surface area (Å²) in [6, 6.07) is 5.71. The van der Waals surface area contributed by atoms with E-state index < -0.39 is 0 Å². The molecule has 1 aliphatic heterocycles. The standard InChI is InChI=1S/C15H21BrN2O/c1-11-4-5-12(8-13(11)16)14(19)18-10-15(2)6-3-7-17-9-15/h4-5,8,17H,3,6-7,9-10H2,1-2H3,(H,18,19). The molecule has 3 nitrogen and oxygen atoms in total. The van der Waals surface area contributed by atoms with Crippen molar-refractivity contribution in [3.8, 4) is 0 Å². The van der Waals surface area contributed by atoms with Crippen LogP contribution in [0.1, 0.15) is 35.7 Å². The zero-order valence-corrected chi connectivity index (χ0v) is 13.1. The summed E-state index contributed by atoms with van der Waals surface area (Å²) in [5, 5.41) is 6.45. The van der Waals surface area contributed by atoms with Gasteiger partial charge in [-0.15, -0.1) is 0 Å². The van der Waals surface area contributed by atoms with Crippen molar-refractivity contribution >= 4 is 21.8 Å². The smallest absolute Gasteiger partial charge is 0.251 e. The van der Waals surface area contributed by atoms with Gasteiger partial charge in [-0.3, -0.25) is 4.79 Å². The number of carbonyl (C=O) groups excluding carboxylic acids is 1. The van der Waals surface area contributed by atoms with Crippen molar-refractivity contribution < 1.29 is 4.79 Å². The lowest BCUT2D eigenvalue weighted by Gasteiger charge is -2.34. The first-order chi connectivity index (χ1) is 9.00. The highest BCUT2D eigenvalue weighted by Gasteiger charge is 2.27. The molecule has 1 aromatic rings. The third-order valence-electron chi connectivity index (χ3n) is 3.80. The molecular formula is C15H21BrN2O. The molecule has 0 aromatic heterocycles. The van der Waals surface area contributed by atoms with Gasteiger partial charge in [0.25, 0.3) is 5.91 Å². The number of carbonyl (C=O) groups is 1. The van der Waals surface area contributed by atoms with E-state index in [1.54, 1.807) is 0 Å². The average Bonchev–Trinajstić information content (AvgIpc) is 2.40. The molecule has 1 fully saturated rings. The first-order valence-corrected chi connectivity index (χ1v) is 7.55. The molecule has 1 heterocycles. The number of hydrogen-bond donors (Lipinski definition) is 2. The maximum Gasteiger partial charge on any atom is 0.251 e. The Morgan fingerprint density at radius 1 is 1.53 bits per heavy atom. The average molecular weight is 325 g/mol. The highest BCUT2D eigenvalue weighted by molar-refractivity contribution is 9.10. The number of benzene rings is 1. The number of nitrogens with one attached hydrogen (secondary N) is 2. The predicted octanol–water partition coefficient (Wildman–Crippen LogP) is 2.88. The van der Waals surface area contributed by atoms with Gasteiger partial charge in [0.05, 0.1) is 0 Å². The fourth-order valence-electron chi connectivity index (χ4n) is 2.40. The van der Waals surface area contributed by atoms with E-state index in [1.807, 2.05) is 25.1 Å². The monoisotopic (exact) mass is 324 g/mol. The molecule has 2 rings (SSSR count). The number of piperidine rings is 1. The summed E-state index contributed by atoms with van der Waals surface area (Å²) < 4.78 is 0.977. The van der Waals surface area contributed by atoms with Crippen molar-refractivity contribution in [1.29, 1.82) is 0 Å². The van der Waals surface area contributed by atoms with E-state index in [0.717, 1.165) is 36.1 Å². The van der Waals surface area contributed by atoms with Crippen LogP contribution in [0.15, 0.2) is 22.7 Å². The first-order valence-electron chi connectivity index (χ1n) is 6.75. The van der Waals surface area contributed by atoms with Gasteiger partial charge in [-0.05, 0) is 49.4 Å². The summed E-state index contributed by atoms with van der Waals surface area (Å²) in [6.45, 7) is 7.04. The zero-order valence-electron chi connectivity index (χ0n) is 11.6. The van der Waals surface area contributed by atoms with E-state index in [-0.39, 0.29) is 11.3 Å². The maximum atomic E-state index is 12.1. The first kappa shape index (κ1) is 14.5. The molecule has 1 aliphatic rings. The molecule has 19 heavy (non-hydrogen) atoms. The molecule has 0 bridgehead atoms. The van der Waals surface area contributed by atoms with Crippen LogP contribution in [0.2, 0.25) is 0 Å². The second-order valence-corrected chi connectivity index (χ2v) is 6.59. The highest BCUT2D eigenvalue weighted by atomic mass is 79.9. The van der Waals surface area contributed by atoms with Crippen molar-refractivity contribution in [2.24, 2.45) is 5.41 Å². The van der Waals surface area contributed by atoms with E-state index in [9.17, 15) is 4.79 Å². The molecule has 1 aromatic carbocycles. The second kappa shape index (κ2) is 6.06. The largest absolute Gasteiger partial charge is 0.351 e. The van der Waals surface area contributed by atoms with E-state index in [4.69, 9.17) is 0 Å². The van der Waals surface area contributed by atoms with Gasteiger partial charge in [-0.2, -0.15) is 0 Å². The number of halogens is 1. The van der Waals surface area contributed by atoms with Gasteiger partial charge in [-0.25, -0.2) is 0 Å². The number of aryl methyl sites for hydroxylation is 1. The molecule has 1 unspecified atom stereocenters. The van der Waals surface area contributed by atoms with Crippen molar-refractivity contribution in [3.63, 3.8) is 0 Å². The lowest BCUT2D eigenvalue weighted by molar-refractivity contribution is 0.0924. The van der Waals surface area contributed by atoms with Crippen molar-refractivity contribution in [2.75, 3.05) is 19.6 Å². The summed E-state index contributed by atoms with van der Waals surface area (Å²) in [5.74, 6) is 0.00694. The van der Waals surface area contributed by atoms with Gasteiger partial charge in [0.1, 0.15) is 0 Å². The van der Waals surface area contributed by atoms with Gasteiger partial charge < -0.3 is 10.6 Å². The van der Waals surface area contributed by atoms with Gasteiger partial charge >= 0.3 is 0 Å². The van der Waals surface area contributed by atoms with Crippen molar-refractivity contribution in [2.45, 2.75) is 26.7 Å². The number of hydrogen-bond acceptors (Lipinski definition) is 2. The Kier molecular flexibility index (Phi) is 4.63. The zero-order chi connectivity index (χ0) is 13.9. The Balaban J connectivity index is 1.95. The van der Waals surface area contributed by atoms with Gasteiger partial charge in [0.2, 0.25) is 0 Å². The normalized spacial score (nSPS) is 23.1. The maximum absolute atomic E-state index is 12.1. The summed E-state index contributed by atoms with van der Waals surface area (Å²) in [7, 11) is 0. The Bertz CT molecular complexity index is 467. The Morgan fingerprint density at radius 2 is 2.32 bits per heavy atom. The molecule has 0 spiro atoms. The van der Waals surface area contributed by atoms with Gasteiger partial charge in [-0.1, -0.05) is 28.9 Å². The van der Waals surface area contributed by atoms with Crippen LogP contribution in [0.4, 0.5) is 0 Å². The van der Waals surface area contributed by atoms with Crippen LogP contribution in [0, 0.1) is 12.3 Å². The molecule has 0 radical (unpaired) electrons. The molecule has 4 heteroatoms. The van der Waals surface area contributed by atoms with Crippen LogP contribution in [-0.4, -0.2) is 25.5 Å². The van der Waals surface area contributed by atoms with Crippen LogP contribution in [0.25, 0.3) is 0 Å². The lowest BCUT2D eigenvalue weighted by atomic mass is 9.83. The van der Waals surface area contributed by atoms with Crippen LogP contribution >= 0.6 is 15.9 Å². The van der Waals surface area contributed by atoms with Gasteiger partial charge in [0, 0.05) is 23.1 Å². The topological polar surface area (TPSA) is 41.1 Å². The minimum atomic E-state index is 0.00694. The van der Waals surface area contributed by atoms with Crippen LogP contribution in [-0.2, 0) is 0 Å². The molecule has 0 saturated carbocycles. The highest BCUT2D eigenvalue weighted by Crippen LogP contribution is 2.24. The van der Waals surface area contributed by atoms with E-state index in [2.05, 4.69) is 33.5 Å². The Hall–Kier alpha value is -0.870. The summed E-state index contributed by atoms with van der Waals surface area (Å²) in [4.78, 5) is 12.1. The van der Waals surface area contributed by atoms with Crippen molar-refractivity contribution in [1.82, 2.24) is 10.6 Å². The van der Waals surface area contributed by atoms with Crippen LogP contribution < -0.4 is 10.6 Å². The SMILES string of the molecule is Cc1ccc(C(=O)NCC2(C)CCCNC2)cc1Br. The van der Waals surface area contributed by atoms with Crippen LogP contribution in [0.5, 0.6) is 0 Å². The summed E-state index contributed by atoms with van der Waals surface area (Å²) in [6.07, 6.45) is 2.35. The summed E-state index contributed by atoms with van der Waals surface area (Å²) >= 11 is 3.46. The molecule has 104 valence electrons. The number of amides is 1. The minimum absolute atomic E-state index is 0.00694. The third kappa shape index (κ3) is 3.80. The van der Waals surface area contributed by atoms with Gasteiger partial charge in [0.15, 0.2) is 0 Å². The third-order valence-corrected chi connectivity index (χ3v) is 4.65. The second-order valence-electron chi connectivity index (χ2n) is 5.74. The molecule has 0 aliphatic carbocycles. The number of rotatable bonds is 3. The molecule has 1 atom stereocenters. The van der Waals surface area contributed by atoms with E-state index in [0.29, 0.717) is 5.56 Å². The minimum Gasteiger partial charge on any atom is -0.351 e. The fraction of sp³-hybridized carbons (Fsp3) is 0.533. The molecule has 1 amide bonds. The van der Waals surface area contributed by atoms with E-state index in [1.165, 1.54) is 6.42 Å². The Morgan fingerprint density at radius 3 is 2.95 bits per heavy atom. The van der Waals surface area contributed by atoms with Crippen molar-refractivity contribution in [3.05, 3.63) is 33.8 Å². The quantitative estimate of drug-likeness (QED) is 0.897. The fourth-order valence-corrected chi connectivity index (χ4v) is 2.78. The van der Waals surface area contributed by atoms with Crippen LogP contribution in [0.3, 0.4) is 0 Å². The molecular weight excluding hydrogens is 304 g/mol. The lowest BCUT2D eigenvalue weighted by Crippen LogP contribution is -2.45. The Labute approximate surface area is 123 Å². The predicted molar refractivity (Wildman–Crippen MR) is 81.4 cm³/mol. The summed E-state index contributed by atoms with van der Waals surface area (Å²) in [5.41, 5.74) is 2.03. The molecule has 1 saturated heterocycles. The van der Waals surface area contributed by atoms with E-state index >= 15 is 0 Å².